The molecule has 0 unspecified atom stereocenters. The highest BCUT2D eigenvalue weighted by Gasteiger charge is 2.24. The van der Waals surface area contributed by atoms with Crippen LogP contribution in [0.15, 0.2) is 30.6 Å². The van der Waals surface area contributed by atoms with Gasteiger partial charge in [-0.3, -0.25) is 0 Å². The molecule has 10 heteroatoms. The number of nitrogens with one attached hydrogen (secondary N) is 2. The van der Waals surface area contributed by atoms with Gasteiger partial charge in [-0.25, -0.2) is 23.1 Å². The van der Waals surface area contributed by atoms with Crippen molar-refractivity contribution in [2.45, 2.75) is 58.9 Å². The third-order valence-corrected chi connectivity index (χ3v) is 7.74. The summed E-state index contributed by atoms with van der Waals surface area (Å²) < 4.78 is 37.8. The molecule has 3 rings (SSSR count). The Bertz CT molecular complexity index is 1030. The first-order chi connectivity index (χ1) is 16.9. The van der Waals surface area contributed by atoms with Crippen LogP contribution >= 0.6 is 0 Å². The van der Waals surface area contributed by atoms with Gasteiger partial charge in [-0.05, 0) is 63.6 Å². The van der Waals surface area contributed by atoms with Crippen molar-refractivity contribution in [1.82, 2.24) is 14.7 Å². The molecule has 2 heterocycles. The van der Waals surface area contributed by atoms with Gasteiger partial charge in [0.05, 0.1) is 41.8 Å². The normalized spacial score (nSPS) is 15.5. The Morgan fingerprint density at radius 1 is 1.14 bits per heavy atom. The van der Waals surface area contributed by atoms with Gasteiger partial charge in [0.25, 0.3) is 0 Å². The zero-order chi connectivity index (χ0) is 25.3. The molecular formula is C25H39N5O4S. The number of sulfonamides is 1. The Kier molecular flexibility index (Phi) is 10.1. The topological polar surface area (TPSA) is 106 Å². The number of aromatic nitrogens is 2. The van der Waals surface area contributed by atoms with Crippen LogP contribution in [-0.4, -0.2) is 63.1 Å². The van der Waals surface area contributed by atoms with Gasteiger partial charge in [-0.15, -0.1) is 0 Å². The average Bonchev–Trinajstić information content (AvgIpc) is 2.88. The molecule has 1 saturated heterocycles. The molecule has 0 aliphatic carbocycles. The Morgan fingerprint density at radius 3 is 2.46 bits per heavy atom. The lowest BCUT2D eigenvalue weighted by Gasteiger charge is -2.37. The van der Waals surface area contributed by atoms with E-state index in [9.17, 15) is 8.42 Å². The van der Waals surface area contributed by atoms with E-state index in [2.05, 4.69) is 57.0 Å². The predicted octanol–water partition coefficient (Wildman–Crippen LogP) is 4.06. The summed E-state index contributed by atoms with van der Waals surface area (Å²) in [6.07, 6.45) is 6.21. The van der Waals surface area contributed by atoms with Gasteiger partial charge in [0.2, 0.25) is 10.0 Å². The van der Waals surface area contributed by atoms with E-state index in [1.165, 1.54) is 0 Å². The molecular weight excluding hydrogens is 466 g/mol. The Hall–Kier alpha value is -2.43. The van der Waals surface area contributed by atoms with E-state index in [0.29, 0.717) is 25.2 Å². The molecule has 1 aliphatic heterocycles. The lowest BCUT2D eigenvalue weighted by atomic mass is 9.95. The molecule has 0 radical (unpaired) electrons. The zero-order valence-corrected chi connectivity index (χ0v) is 22.1. The summed E-state index contributed by atoms with van der Waals surface area (Å²) in [5.74, 6) is 0.129. The summed E-state index contributed by atoms with van der Waals surface area (Å²) in [5, 5.41) is 3.51. The Balaban J connectivity index is 1.94. The Labute approximate surface area is 209 Å². The predicted molar refractivity (Wildman–Crippen MR) is 140 cm³/mol. The van der Waals surface area contributed by atoms with E-state index in [-0.39, 0.29) is 11.7 Å². The van der Waals surface area contributed by atoms with E-state index < -0.39 is 10.0 Å². The number of benzene rings is 1. The van der Waals surface area contributed by atoms with E-state index >= 15 is 0 Å². The van der Waals surface area contributed by atoms with Gasteiger partial charge >= 0.3 is 6.01 Å². The second-order valence-electron chi connectivity index (χ2n) is 8.58. The lowest BCUT2D eigenvalue weighted by Crippen LogP contribution is -2.39. The second-order valence-corrected chi connectivity index (χ2v) is 10.7. The monoisotopic (exact) mass is 505 g/mol. The van der Waals surface area contributed by atoms with Crippen LogP contribution < -0.4 is 19.7 Å². The number of anilines is 3. The minimum atomic E-state index is -3.25. The second kappa shape index (κ2) is 13.0. The highest BCUT2D eigenvalue weighted by molar-refractivity contribution is 7.89. The van der Waals surface area contributed by atoms with Gasteiger partial charge in [-0.1, -0.05) is 13.0 Å². The summed E-state index contributed by atoms with van der Waals surface area (Å²) in [6, 6.07) is 7.13. The largest absolute Gasteiger partial charge is 0.464 e. The quantitative estimate of drug-likeness (QED) is 0.420. The summed E-state index contributed by atoms with van der Waals surface area (Å²) >= 11 is 0. The molecule has 0 amide bonds. The zero-order valence-electron chi connectivity index (χ0n) is 21.3. The number of hydrogen-bond donors (Lipinski definition) is 2. The molecule has 1 aliphatic rings. The molecule has 0 saturated carbocycles. The molecule has 35 heavy (non-hydrogen) atoms. The standard InChI is InChI=1S/C25H39N5O4S/c1-5-19(16-28-35(31,32)8-4)20-9-10-24(30(6-2)22-11-13-33-14-12-22)23(15-20)29-21-17-26-25(27-18-21)34-7-3/h9-10,15,17-19,22,28-29H,5-8,11-14,16H2,1-4H3/t19-/m1/s1. The summed E-state index contributed by atoms with van der Waals surface area (Å²) in [4.78, 5) is 11.0. The van der Waals surface area contributed by atoms with E-state index in [1.54, 1.807) is 19.3 Å². The van der Waals surface area contributed by atoms with Crippen LogP contribution in [0.2, 0.25) is 0 Å². The molecule has 9 nitrogen and oxygen atoms in total. The maximum Gasteiger partial charge on any atom is 0.316 e. The first-order valence-electron chi connectivity index (χ1n) is 12.6. The van der Waals surface area contributed by atoms with Crippen LogP contribution in [0.4, 0.5) is 17.1 Å². The molecule has 0 spiro atoms. The minimum Gasteiger partial charge on any atom is -0.464 e. The SMILES string of the molecule is CCOc1ncc(Nc2cc([C@H](CC)CNS(=O)(=O)CC)ccc2N(CC)C2CCOCC2)cn1. The highest BCUT2D eigenvalue weighted by atomic mass is 32.2. The lowest BCUT2D eigenvalue weighted by molar-refractivity contribution is 0.0846. The fourth-order valence-corrected chi connectivity index (χ4v) is 5.01. The smallest absolute Gasteiger partial charge is 0.316 e. The molecule has 2 N–H and O–H groups in total. The molecule has 1 fully saturated rings. The summed E-state index contributed by atoms with van der Waals surface area (Å²) in [5.41, 5.74) is 3.88. The van der Waals surface area contributed by atoms with Crippen LogP contribution in [-0.2, 0) is 14.8 Å². The summed E-state index contributed by atoms with van der Waals surface area (Å²) in [7, 11) is -3.25. The molecule has 1 aromatic heterocycles. The van der Waals surface area contributed by atoms with Crippen molar-refractivity contribution in [3.05, 3.63) is 36.2 Å². The number of rotatable bonds is 13. The van der Waals surface area contributed by atoms with Gasteiger partial charge < -0.3 is 19.7 Å². The third kappa shape index (κ3) is 7.52. The molecule has 1 aromatic carbocycles. The van der Waals surface area contributed by atoms with Gasteiger partial charge in [-0.2, -0.15) is 0 Å². The van der Waals surface area contributed by atoms with Crippen LogP contribution in [0.1, 0.15) is 58.4 Å². The third-order valence-electron chi connectivity index (χ3n) is 6.38. The van der Waals surface area contributed by atoms with E-state index in [4.69, 9.17) is 9.47 Å². The number of nitrogens with zero attached hydrogens (tertiary/aromatic N) is 3. The van der Waals surface area contributed by atoms with Crippen molar-refractivity contribution < 1.29 is 17.9 Å². The van der Waals surface area contributed by atoms with E-state index in [0.717, 1.165) is 61.6 Å². The fraction of sp³-hybridized carbons (Fsp3) is 0.600. The van der Waals surface area contributed by atoms with E-state index in [1.807, 2.05) is 6.92 Å². The van der Waals surface area contributed by atoms with Crippen molar-refractivity contribution in [3.8, 4) is 6.01 Å². The highest BCUT2D eigenvalue weighted by Crippen LogP contribution is 2.35. The van der Waals surface area contributed by atoms with Gasteiger partial charge in [0.1, 0.15) is 0 Å². The fourth-order valence-electron chi connectivity index (χ4n) is 4.35. The van der Waals surface area contributed by atoms with Crippen molar-refractivity contribution in [3.63, 3.8) is 0 Å². The van der Waals surface area contributed by atoms with Crippen molar-refractivity contribution >= 4 is 27.1 Å². The summed E-state index contributed by atoms with van der Waals surface area (Å²) in [6.45, 7) is 11.1. The molecule has 1 atom stereocenters. The minimum absolute atomic E-state index is 0.0562. The number of ether oxygens (including phenoxy) is 2. The molecule has 0 bridgehead atoms. The van der Waals surface area contributed by atoms with Crippen LogP contribution in [0, 0.1) is 0 Å². The van der Waals surface area contributed by atoms with Crippen LogP contribution in [0.3, 0.4) is 0 Å². The van der Waals surface area contributed by atoms with Gasteiger partial charge in [0, 0.05) is 32.3 Å². The van der Waals surface area contributed by atoms with Crippen molar-refractivity contribution in [1.29, 1.82) is 0 Å². The van der Waals surface area contributed by atoms with Crippen LogP contribution in [0.5, 0.6) is 6.01 Å². The first kappa shape index (κ1) is 27.2. The number of hydrogen-bond acceptors (Lipinski definition) is 8. The Morgan fingerprint density at radius 2 is 1.86 bits per heavy atom. The first-order valence-corrected chi connectivity index (χ1v) is 14.2. The maximum atomic E-state index is 12.0. The average molecular weight is 506 g/mol. The van der Waals surface area contributed by atoms with Crippen molar-refractivity contribution in [2.24, 2.45) is 0 Å². The van der Waals surface area contributed by atoms with Crippen LogP contribution in [0.25, 0.3) is 0 Å². The molecule has 194 valence electrons. The molecule has 2 aromatic rings. The van der Waals surface area contributed by atoms with Crippen molar-refractivity contribution in [2.75, 3.05) is 48.9 Å². The van der Waals surface area contributed by atoms with Gasteiger partial charge in [0.15, 0.2) is 0 Å². The maximum absolute atomic E-state index is 12.0.